The number of rotatable bonds is 11. The molecule has 0 saturated carbocycles. The lowest BCUT2D eigenvalue weighted by Crippen LogP contribution is -2.46. The van der Waals surface area contributed by atoms with Gasteiger partial charge in [-0.1, -0.05) is 6.92 Å². The zero-order valence-electron chi connectivity index (χ0n) is 15.6. The first-order valence-electron chi connectivity index (χ1n) is 9.36. The summed E-state index contributed by atoms with van der Waals surface area (Å²) in [4.78, 5) is 7.35. The molecule has 0 unspecified atom stereocenters. The van der Waals surface area contributed by atoms with Gasteiger partial charge in [0.25, 0.3) is 0 Å². The first-order valence-corrected chi connectivity index (χ1v) is 11.3. The van der Waals surface area contributed by atoms with Gasteiger partial charge < -0.3 is 18.2 Å². The zero-order chi connectivity index (χ0) is 17.0. The second-order valence-electron chi connectivity index (χ2n) is 5.82. The SMILES string of the molecule is CCO[Si](CCCN=C1CCCN(CC)CC1)(OCC)OCC. The molecule has 5 nitrogen and oxygen atoms in total. The summed E-state index contributed by atoms with van der Waals surface area (Å²) < 4.78 is 17.7. The smallest absolute Gasteiger partial charge is 0.374 e. The Morgan fingerprint density at radius 2 is 1.61 bits per heavy atom. The van der Waals surface area contributed by atoms with Crippen molar-refractivity contribution < 1.29 is 13.3 Å². The molecule has 0 radical (unpaired) electrons. The third kappa shape index (κ3) is 7.89. The Morgan fingerprint density at radius 1 is 0.957 bits per heavy atom. The van der Waals surface area contributed by atoms with Crippen molar-refractivity contribution in [3.63, 3.8) is 0 Å². The van der Waals surface area contributed by atoms with Crippen LogP contribution < -0.4 is 0 Å². The van der Waals surface area contributed by atoms with Crippen LogP contribution in [0.1, 0.15) is 53.4 Å². The van der Waals surface area contributed by atoms with E-state index in [1.165, 1.54) is 18.7 Å². The van der Waals surface area contributed by atoms with Crippen molar-refractivity contribution in [2.24, 2.45) is 4.99 Å². The lowest BCUT2D eigenvalue weighted by molar-refractivity contribution is 0.0710. The molecule has 136 valence electrons. The summed E-state index contributed by atoms with van der Waals surface area (Å²) in [6, 6.07) is 0.861. The van der Waals surface area contributed by atoms with Crippen LogP contribution in [0.4, 0.5) is 0 Å². The molecule has 0 aromatic carbocycles. The van der Waals surface area contributed by atoms with Crippen LogP contribution in [0.2, 0.25) is 6.04 Å². The summed E-state index contributed by atoms with van der Waals surface area (Å²) in [7, 11) is -2.49. The highest BCUT2D eigenvalue weighted by Crippen LogP contribution is 2.18. The van der Waals surface area contributed by atoms with Crippen molar-refractivity contribution in [2.75, 3.05) is 46.0 Å². The number of hydrogen-bond acceptors (Lipinski definition) is 5. The summed E-state index contributed by atoms with van der Waals surface area (Å²) in [5.74, 6) is 0. The van der Waals surface area contributed by atoms with E-state index in [4.69, 9.17) is 18.3 Å². The van der Waals surface area contributed by atoms with E-state index in [-0.39, 0.29) is 0 Å². The third-order valence-corrected chi connectivity index (χ3v) is 7.32. The molecule has 1 fully saturated rings. The number of nitrogens with zero attached hydrogens (tertiary/aromatic N) is 2. The molecule has 1 rings (SSSR count). The normalized spacial score (nSPS) is 19.2. The fraction of sp³-hybridized carbons (Fsp3) is 0.941. The highest BCUT2D eigenvalue weighted by atomic mass is 28.4. The van der Waals surface area contributed by atoms with Gasteiger partial charge in [-0.15, -0.1) is 0 Å². The van der Waals surface area contributed by atoms with Gasteiger partial charge in [-0.2, -0.15) is 0 Å². The quantitative estimate of drug-likeness (QED) is 0.426. The second-order valence-corrected chi connectivity index (χ2v) is 8.55. The molecular formula is C17H36N2O3Si. The Morgan fingerprint density at radius 3 is 2.17 bits per heavy atom. The predicted molar refractivity (Wildman–Crippen MR) is 98.3 cm³/mol. The van der Waals surface area contributed by atoms with Crippen molar-refractivity contribution in [1.82, 2.24) is 4.90 Å². The summed E-state index contributed by atoms with van der Waals surface area (Å²) in [6.45, 7) is 14.6. The summed E-state index contributed by atoms with van der Waals surface area (Å²) in [6.07, 6.45) is 4.50. The predicted octanol–water partition coefficient (Wildman–Crippen LogP) is 3.37. The maximum atomic E-state index is 5.89. The maximum Gasteiger partial charge on any atom is 0.500 e. The third-order valence-electron chi connectivity index (χ3n) is 4.17. The van der Waals surface area contributed by atoms with Crippen molar-refractivity contribution in [1.29, 1.82) is 0 Å². The van der Waals surface area contributed by atoms with Crippen molar-refractivity contribution in [2.45, 2.75) is 59.4 Å². The zero-order valence-corrected chi connectivity index (χ0v) is 16.6. The Labute approximate surface area is 143 Å². The highest BCUT2D eigenvalue weighted by Gasteiger charge is 2.39. The van der Waals surface area contributed by atoms with Crippen LogP contribution in [-0.4, -0.2) is 65.4 Å². The second kappa shape index (κ2) is 12.1. The fourth-order valence-electron chi connectivity index (χ4n) is 3.04. The fourth-order valence-corrected chi connectivity index (χ4v) is 5.63. The molecule has 0 spiro atoms. The van der Waals surface area contributed by atoms with E-state index < -0.39 is 8.80 Å². The minimum atomic E-state index is -2.49. The lowest BCUT2D eigenvalue weighted by Gasteiger charge is -2.28. The average molecular weight is 345 g/mol. The number of hydrogen-bond donors (Lipinski definition) is 0. The van der Waals surface area contributed by atoms with Gasteiger partial charge in [0.1, 0.15) is 0 Å². The summed E-state index contributed by atoms with van der Waals surface area (Å²) in [5, 5.41) is 0. The van der Waals surface area contributed by atoms with Gasteiger partial charge in [0.2, 0.25) is 0 Å². The van der Waals surface area contributed by atoms with Crippen molar-refractivity contribution in [3.8, 4) is 0 Å². The molecule has 0 amide bonds. The molecule has 0 aliphatic carbocycles. The molecule has 1 saturated heterocycles. The van der Waals surface area contributed by atoms with E-state index in [0.717, 1.165) is 44.9 Å². The van der Waals surface area contributed by atoms with Crippen LogP contribution >= 0.6 is 0 Å². The van der Waals surface area contributed by atoms with Gasteiger partial charge in [-0.3, -0.25) is 4.99 Å². The Bertz CT molecular complexity index is 323. The summed E-state index contributed by atoms with van der Waals surface area (Å²) >= 11 is 0. The maximum absolute atomic E-state index is 5.89. The minimum absolute atomic E-state index is 0.646. The molecule has 0 N–H and O–H groups in total. The van der Waals surface area contributed by atoms with Crippen LogP contribution in [0, 0.1) is 0 Å². The molecule has 1 heterocycles. The minimum Gasteiger partial charge on any atom is -0.374 e. The molecule has 0 aromatic heterocycles. The first-order chi connectivity index (χ1) is 11.2. The van der Waals surface area contributed by atoms with Gasteiger partial charge in [-0.05, 0) is 59.5 Å². The topological polar surface area (TPSA) is 43.3 Å². The lowest BCUT2D eigenvalue weighted by atomic mass is 10.2. The first kappa shape index (κ1) is 20.8. The van der Waals surface area contributed by atoms with Gasteiger partial charge in [-0.25, -0.2) is 0 Å². The highest BCUT2D eigenvalue weighted by molar-refractivity contribution is 6.60. The Kier molecular flexibility index (Phi) is 11.0. The van der Waals surface area contributed by atoms with E-state index in [1.807, 2.05) is 20.8 Å². The monoisotopic (exact) mass is 344 g/mol. The largest absolute Gasteiger partial charge is 0.500 e. The van der Waals surface area contributed by atoms with Crippen LogP contribution in [0.25, 0.3) is 0 Å². The molecule has 0 atom stereocenters. The number of likely N-dealkylation sites (tertiary alicyclic amines) is 1. The van der Waals surface area contributed by atoms with E-state index in [1.54, 1.807) is 0 Å². The van der Waals surface area contributed by atoms with Gasteiger partial charge in [0.15, 0.2) is 0 Å². The van der Waals surface area contributed by atoms with Crippen molar-refractivity contribution >= 4 is 14.5 Å². The van der Waals surface area contributed by atoms with E-state index >= 15 is 0 Å². The molecule has 0 bridgehead atoms. The van der Waals surface area contributed by atoms with Gasteiger partial charge >= 0.3 is 8.80 Å². The molecular weight excluding hydrogens is 308 g/mol. The molecule has 1 aliphatic rings. The van der Waals surface area contributed by atoms with Gasteiger partial charge in [0, 0.05) is 44.7 Å². The van der Waals surface area contributed by atoms with E-state index in [0.29, 0.717) is 19.8 Å². The number of aliphatic imine (C=N–C) groups is 1. The standard InChI is InChI=1S/C17H36N2O3Si/c1-5-19-14-9-11-17(12-15-19)18-13-10-16-23(20-6-2,21-7-3)22-8-4/h5-16H2,1-4H3. The molecule has 23 heavy (non-hydrogen) atoms. The van der Waals surface area contributed by atoms with E-state index in [2.05, 4.69) is 11.8 Å². The van der Waals surface area contributed by atoms with Crippen LogP contribution in [0.3, 0.4) is 0 Å². The summed E-state index contributed by atoms with van der Waals surface area (Å²) in [5.41, 5.74) is 1.39. The Hall–Kier alpha value is -0.273. The molecule has 1 aliphatic heterocycles. The van der Waals surface area contributed by atoms with Crippen LogP contribution in [0.15, 0.2) is 4.99 Å². The van der Waals surface area contributed by atoms with Crippen molar-refractivity contribution in [3.05, 3.63) is 0 Å². The Balaban J connectivity index is 2.44. The average Bonchev–Trinajstić information content (AvgIpc) is 2.77. The molecule has 0 aromatic rings. The van der Waals surface area contributed by atoms with Gasteiger partial charge in [0.05, 0.1) is 0 Å². The molecule has 6 heteroatoms. The van der Waals surface area contributed by atoms with E-state index in [9.17, 15) is 0 Å². The van der Waals surface area contributed by atoms with Crippen LogP contribution in [0.5, 0.6) is 0 Å². The van der Waals surface area contributed by atoms with Crippen LogP contribution in [-0.2, 0) is 13.3 Å².